The van der Waals surface area contributed by atoms with E-state index in [1.165, 1.54) is 7.11 Å². The number of nitrogens with one attached hydrogen (secondary N) is 1. The Hall–Kier alpha value is -2.83. The Balaban J connectivity index is 2.29. The van der Waals surface area contributed by atoms with E-state index in [1.807, 2.05) is 42.5 Å². The van der Waals surface area contributed by atoms with Gasteiger partial charge in [-0.2, -0.15) is 0 Å². The number of rotatable bonds is 13. The van der Waals surface area contributed by atoms with Gasteiger partial charge < -0.3 is 19.9 Å². The Kier molecular flexibility index (Phi) is 11.8. The predicted molar refractivity (Wildman–Crippen MR) is 105 cm³/mol. The Morgan fingerprint density at radius 1 is 1.07 bits per heavy atom. The van der Waals surface area contributed by atoms with Gasteiger partial charge in [0.15, 0.2) is 0 Å². The molecule has 154 valence electrons. The van der Waals surface area contributed by atoms with Crippen molar-refractivity contribution in [2.45, 2.75) is 57.6 Å². The highest BCUT2D eigenvalue weighted by atomic mass is 16.6. The van der Waals surface area contributed by atoms with Gasteiger partial charge >= 0.3 is 18.0 Å². The fourth-order valence-corrected chi connectivity index (χ4v) is 2.51. The number of ether oxygens (including phenoxy) is 2. The van der Waals surface area contributed by atoms with Gasteiger partial charge in [-0.3, -0.25) is 4.79 Å². The lowest BCUT2D eigenvalue weighted by Gasteiger charge is -2.15. The van der Waals surface area contributed by atoms with E-state index in [0.717, 1.165) is 31.2 Å². The first-order valence-electron chi connectivity index (χ1n) is 9.44. The Bertz CT molecular complexity index is 629. The topological polar surface area (TPSA) is 102 Å². The highest BCUT2D eigenvalue weighted by Gasteiger charge is 2.20. The molecule has 0 unspecified atom stereocenters. The molecule has 0 heterocycles. The lowest BCUT2D eigenvalue weighted by molar-refractivity contribution is -0.143. The quantitative estimate of drug-likeness (QED) is 0.301. The summed E-state index contributed by atoms with van der Waals surface area (Å²) >= 11 is 0. The van der Waals surface area contributed by atoms with Crippen molar-refractivity contribution in [1.29, 1.82) is 0 Å². The maximum absolute atomic E-state index is 11.9. The number of benzene rings is 1. The molecular weight excluding hydrogens is 362 g/mol. The fourth-order valence-electron chi connectivity index (χ4n) is 2.51. The molecule has 1 aromatic carbocycles. The predicted octanol–water partition coefficient (Wildman–Crippen LogP) is 3.83. The van der Waals surface area contributed by atoms with Gasteiger partial charge in [-0.15, -0.1) is 0 Å². The molecule has 1 amide bonds. The molecule has 0 spiro atoms. The van der Waals surface area contributed by atoms with Crippen LogP contribution in [0.3, 0.4) is 0 Å². The van der Waals surface area contributed by atoms with Crippen molar-refractivity contribution in [1.82, 2.24) is 5.32 Å². The third-order valence-electron chi connectivity index (χ3n) is 4.04. The number of allylic oxidation sites excluding steroid dienone is 1. The van der Waals surface area contributed by atoms with Gasteiger partial charge in [-0.05, 0) is 31.2 Å². The van der Waals surface area contributed by atoms with Gasteiger partial charge in [0.1, 0.15) is 12.6 Å². The van der Waals surface area contributed by atoms with Crippen LogP contribution in [0.1, 0.15) is 50.5 Å². The van der Waals surface area contributed by atoms with Crippen molar-refractivity contribution >= 4 is 18.0 Å². The van der Waals surface area contributed by atoms with Crippen molar-refractivity contribution in [2.24, 2.45) is 0 Å². The van der Waals surface area contributed by atoms with Crippen molar-refractivity contribution in [3.05, 3.63) is 48.0 Å². The third-order valence-corrected chi connectivity index (χ3v) is 4.04. The number of methoxy groups -OCH3 is 1. The van der Waals surface area contributed by atoms with E-state index in [2.05, 4.69) is 5.32 Å². The molecule has 1 rings (SSSR count). The zero-order chi connectivity index (χ0) is 20.6. The van der Waals surface area contributed by atoms with E-state index in [1.54, 1.807) is 0 Å². The van der Waals surface area contributed by atoms with Crippen LogP contribution >= 0.6 is 0 Å². The van der Waals surface area contributed by atoms with Crippen molar-refractivity contribution < 1.29 is 29.0 Å². The monoisotopic (exact) mass is 391 g/mol. The van der Waals surface area contributed by atoms with E-state index >= 15 is 0 Å². The zero-order valence-electron chi connectivity index (χ0n) is 16.3. The molecule has 0 saturated carbocycles. The normalized spacial score (nSPS) is 11.8. The SMILES string of the molecule is COC(=O)[C@H](C/C=C/CCCCCCC(=O)O)NC(=O)OCc1ccccc1. The second kappa shape index (κ2) is 14.3. The Morgan fingerprint density at radius 3 is 2.46 bits per heavy atom. The molecule has 0 aromatic heterocycles. The lowest BCUT2D eigenvalue weighted by Crippen LogP contribution is -2.41. The molecule has 0 aliphatic heterocycles. The van der Waals surface area contributed by atoms with E-state index in [-0.39, 0.29) is 13.0 Å². The smallest absolute Gasteiger partial charge is 0.408 e. The van der Waals surface area contributed by atoms with Gasteiger partial charge in [0.25, 0.3) is 0 Å². The number of aliphatic carboxylic acids is 1. The van der Waals surface area contributed by atoms with Crippen molar-refractivity contribution in [3.8, 4) is 0 Å². The van der Waals surface area contributed by atoms with Crippen LogP contribution in [0.5, 0.6) is 0 Å². The maximum atomic E-state index is 11.9. The number of carboxylic acids is 1. The molecule has 0 aliphatic carbocycles. The standard InChI is InChI=1S/C21H29NO6/c1-27-20(25)18(14-10-5-3-2-4-6-11-15-19(23)24)22-21(26)28-16-17-12-8-7-9-13-17/h5,7-10,12-13,18H,2-4,6,11,14-16H2,1H3,(H,22,26)(H,23,24)/b10-5+/t18-/m0/s1. The average molecular weight is 391 g/mol. The largest absolute Gasteiger partial charge is 0.481 e. The summed E-state index contributed by atoms with van der Waals surface area (Å²) in [5.41, 5.74) is 0.857. The van der Waals surface area contributed by atoms with Crippen LogP contribution in [0.2, 0.25) is 0 Å². The second-order valence-electron chi connectivity index (χ2n) is 6.34. The second-order valence-corrected chi connectivity index (χ2v) is 6.34. The number of hydrogen-bond acceptors (Lipinski definition) is 5. The molecule has 2 N–H and O–H groups in total. The van der Waals surface area contributed by atoms with Crippen LogP contribution in [-0.4, -0.2) is 36.3 Å². The number of alkyl carbamates (subject to hydrolysis) is 1. The summed E-state index contributed by atoms with van der Waals surface area (Å²) in [5, 5.41) is 11.1. The molecule has 0 radical (unpaired) electrons. The van der Waals surface area contributed by atoms with Crippen LogP contribution in [0, 0.1) is 0 Å². The molecule has 0 saturated heterocycles. The number of carbonyl (C=O) groups excluding carboxylic acids is 2. The third kappa shape index (κ3) is 11.0. The lowest BCUT2D eigenvalue weighted by atomic mass is 10.1. The molecule has 28 heavy (non-hydrogen) atoms. The minimum atomic E-state index is -0.805. The van der Waals surface area contributed by atoms with Gasteiger partial charge in [-0.1, -0.05) is 55.3 Å². The van der Waals surface area contributed by atoms with E-state index in [4.69, 9.17) is 14.6 Å². The first-order chi connectivity index (χ1) is 13.5. The highest BCUT2D eigenvalue weighted by molar-refractivity contribution is 5.81. The van der Waals surface area contributed by atoms with Gasteiger partial charge in [0, 0.05) is 6.42 Å². The van der Waals surface area contributed by atoms with Gasteiger partial charge in [-0.25, -0.2) is 9.59 Å². The number of carbonyl (C=O) groups is 3. The highest BCUT2D eigenvalue weighted by Crippen LogP contribution is 2.07. The summed E-state index contributed by atoms with van der Waals surface area (Å²) in [6, 6.07) is 8.46. The van der Waals surface area contributed by atoms with E-state index in [0.29, 0.717) is 12.8 Å². The van der Waals surface area contributed by atoms with Crippen LogP contribution in [0.25, 0.3) is 0 Å². The molecule has 0 bridgehead atoms. The average Bonchev–Trinajstić information content (AvgIpc) is 2.70. The van der Waals surface area contributed by atoms with Gasteiger partial charge in [0.05, 0.1) is 7.11 Å². The molecule has 7 heteroatoms. The number of esters is 1. The minimum Gasteiger partial charge on any atom is -0.481 e. The molecule has 7 nitrogen and oxygen atoms in total. The molecule has 0 aliphatic rings. The van der Waals surface area contributed by atoms with Gasteiger partial charge in [0.2, 0.25) is 0 Å². The van der Waals surface area contributed by atoms with E-state index < -0.39 is 24.1 Å². The molecule has 0 fully saturated rings. The number of unbranched alkanes of at least 4 members (excludes halogenated alkanes) is 4. The summed E-state index contributed by atoms with van der Waals surface area (Å²) in [6.45, 7) is 0.123. The van der Waals surface area contributed by atoms with Crippen LogP contribution in [-0.2, 0) is 25.7 Å². The Labute approximate surface area is 165 Å². The summed E-state index contributed by atoms with van der Waals surface area (Å²) in [7, 11) is 1.27. The number of carboxylic acid groups (broad SMARTS) is 1. The van der Waals surface area contributed by atoms with Crippen LogP contribution in [0.4, 0.5) is 4.79 Å². The number of amides is 1. The first kappa shape index (κ1) is 23.2. The summed E-state index contributed by atoms with van der Waals surface area (Å²) in [6.07, 6.45) is 7.95. The first-order valence-corrected chi connectivity index (χ1v) is 9.44. The Morgan fingerprint density at radius 2 is 1.79 bits per heavy atom. The van der Waals surface area contributed by atoms with E-state index in [9.17, 15) is 14.4 Å². The molecule has 1 aromatic rings. The summed E-state index contributed by atoms with van der Waals surface area (Å²) in [4.78, 5) is 34.2. The maximum Gasteiger partial charge on any atom is 0.408 e. The van der Waals surface area contributed by atoms with Crippen molar-refractivity contribution in [3.63, 3.8) is 0 Å². The van der Waals surface area contributed by atoms with Crippen LogP contribution < -0.4 is 5.32 Å². The van der Waals surface area contributed by atoms with Crippen LogP contribution in [0.15, 0.2) is 42.5 Å². The summed E-state index contributed by atoms with van der Waals surface area (Å²) < 4.78 is 9.86. The van der Waals surface area contributed by atoms with Crippen molar-refractivity contribution in [2.75, 3.05) is 7.11 Å². The molecular formula is C21H29NO6. The zero-order valence-corrected chi connectivity index (χ0v) is 16.3. The fraction of sp³-hybridized carbons (Fsp3) is 0.476. The number of hydrogen-bond donors (Lipinski definition) is 2. The minimum absolute atomic E-state index is 0.123. The molecule has 1 atom stereocenters. The summed E-state index contributed by atoms with van der Waals surface area (Å²) in [5.74, 6) is -1.29.